The Hall–Kier alpha value is -4.07. The zero-order valence-electron chi connectivity index (χ0n) is 38.7. The first kappa shape index (κ1) is 67.7. The number of hydrogen-bond acceptors (Lipinski definition) is 13. The van der Waals surface area contributed by atoms with Crippen molar-refractivity contribution in [2.75, 3.05) is 52.9 Å². The van der Waals surface area contributed by atoms with Crippen molar-refractivity contribution in [3.05, 3.63) is 62.3 Å². The SMILES string of the molecule is C=C(C)C(=O)OCC(CC)CCCC.C=C(C)C(=O)OCCCCCCCCCCCC.C=CC(=O)OCCCCO.C=CC(=O)OCCO.C=CC(=O)OCCO.CC. The molecule has 0 bridgehead atoms. The van der Waals surface area contributed by atoms with Crippen LogP contribution in [-0.4, -0.2) is 98.0 Å². The minimum atomic E-state index is -0.501. The van der Waals surface area contributed by atoms with Gasteiger partial charge in [0, 0.05) is 36.0 Å². The number of unbranched alkanes of at least 4 members (excludes halogenated alkanes) is 11. The number of esters is 5. The Morgan fingerprint density at radius 3 is 1.18 bits per heavy atom. The number of ether oxygens (including phenoxy) is 5. The fraction of sp³-hybridized carbons (Fsp3) is 0.681. The van der Waals surface area contributed by atoms with Crippen LogP contribution in [0.1, 0.15) is 151 Å². The van der Waals surface area contributed by atoms with E-state index in [0.29, 0.717) is 49.7 Å². The molecule has 0 saturated carbocycles. The number of carbonyl (C=O) groups excluding carboxylic acids is 5. The fourth-order valence-corrected chi connectivity index (χ4v) is 3.95. The van der Waals surface area contributed by atoms with Crippen molar-refractivity contribution < 1.29 is 63.0 Å². The standard InChI is InChI=1S/C16H30O2.C12H22O2.C7H12O3.2C5H8O3.C2H6/c1-4-5-6-7-8-9-10-11-12-13-14-18-16(17)15(2)3;1-5-7-8-11(6-2)9-14-12(13)10(3)4;1-2-7(9)10-6-4-3-5-8;2*1-2-5(7)8-4-3-6;1-2/h2,4-14H2,1,3H3;11H,3,5-9H2,1-2,4H3;2,8H,1,3-6H2;2*2,6H,1,3-4H2;1-2H3. The maximum absolute atomic E-state index is 11.1. The lowest BCUT2D eigenvalue weighted by molar-refractivity contribution is -0.141. The van der Waals surface area contributed by atoms with E-state index in [9.17, 15) is 24.0 Å². The molecule has 1 unspecified atom stereocenters. The lowest BCUT2D eigenvalue weighted by atomic mass is 10.0. The highest BCUT2D eigenvalue weighted by molar-refractivity contribution is 5.87. The quantitative estimate of drug-likeness (QED) is 0.0268. The Labute approximate surface area is 364 Å². The van der Waals surface area contributed by atoms with E-state index < -0.39 is 17.9 Å². The molecule has 0 aromatic rings. The van der Waals surface area contributed by atoms with Gasteiger partial charge in [0.25, 0.3) is 0 Å². The van der Waals surface area contributed by atoms with E-state index in [2.05, 4.69) is 67.9 Å². The molecule has 0 amide bonds. The highest BCUT2D eigenvalue weighted by atomic mass is 16.6. The molecule has 0 aromatic carbocycles. The summed E-state index contributed by atoms with van der Waals surface area (Å²) in [5.41, 5.74) is 0.970. The molecule has 0 spiro atoms. The number of aliphatic hydroxyl groups is 3. The monoisotopic (exact) mass is 859 g/mol. The first-order valence-corrected chi connectivity index (χ1v) is 21.6. The van der Waals surface area contributed by atoms with Crippen molar-refractivity contribution >= 4 is 29.8 Å². The van der Waals surface area contributed by atoms with E-state index in [1.807, 2.05) is 13.8 Å². The highest BCUT2D eigenvalue weighted by Crippen LogP contribution is 2.13. The summed E-state index contributed by atoms with van der Waals surface area (Å²) in [6.45, 7) is 32.0. The maximum atomic E-state index is 11.1. The van der Waals surface area contributed by atoms with E-state index in [-0.39, 0.29) is 45.0 Å². The van der Waals surface area contributed by atoms with Gasteiger partial charge >= 0.3 is 29.8 Å². The van der Waals surface area contributed by atoms with Gasteiger partial charge in [0.2, 0.25) is 0 Å². The van der Waals surface area contributed by atoms with E-state index in [1.165, 1.54) is 70.6 Å². The van der Waals surface area contributed by atoms with E-state index >= 15 is 0 Å². The second-order valence-electron chi connectivity index (χ2n) is 12.9. The van der Waals surface area contributed by atoms with E-state index in [0.717, 1.165) is 37.5 Å². The van der Waals surface area contributed by atoms with Gasteiger partial charge in [-0.2, -0.15) is 0 Å². The van der Waals surface area contributed by atoms with Crippen LogP contribution in [0.5, 0.6) is 0 Å². The molecule has 0 rings (SSSR count). The molecule has 0 heterocycles. The van der Waals surface area contributed by atoms with Gasteiger partial charge in [-0.05, 0) is 45.4 Å². The molecule has 0 aliphatic rings. The molecule has 60 heavy (non-hydrogen) atoms. The van der Waals surface area contributed by atoms with Crippen LogP contribution in [0.25, 0.3) is 0 Å². The van der Waals surface area contributed by atoms with Crippen LogP contribution in [0.15, 0.2) is 62.3 Å². The predicted molar refractivity (Wildman–Crippen MR) is 242 cm³/mol. The van der Waals surface area contributed by atoms with Crippen molar-refractivity contribution in [3.63, 3.8) is 0 Å². The molecule has 0 aliphatic heterocycles. The Morgan fingerprint density at radius 2 is 0.833 bits per heavy atom. The summed E-state index contributed by atoms with van der Waals surface area (Å²) in [5, 5.41) is 24.5. The van der Waals surface area contributed by atoms with Gasteiger partial charge in [0.1, 0.15) is 13.2 Å². The van der Waals surface area contributed by atoms with E-state index in [1.54, 1.807) is 13.8 Å². The summed E-state index contributed by atoms with van der Waals surface area (Å²) >= 11 is 0. The third-order valence-electron chi connectivity index (χ3n) is 7.39. The van der Waals surface area contributed by atoms with Gasteiger partial charge in [-0.1, -0.05) is 145 Å². The van der Waals surface area contributed by atoms with Crippen LogP contribution in [0, 0.1) is 5.92 Å². The minimum Gasteiger partial charge on any atom is -0.463 e. The predicted octanol–water partition coefficient (Wildman–Crippen LogP) is 9.28. The van der Waals surface area contributed by atoms with Crippen LogP contribution in [0.3, 0.4) is 0 Å². The Balaban J connectivity index is -0.000000156. The molecule has 352 valence electrons. The lowest BCUT2D eigenvalue weighted by Crippen LogP contribution is -2.14. The third-order valence-corrected chi connectivity index (χ3v) is 7.39. The molecule has 0 radical (unpaired) electrons. The highest BCUT2D eigenvalue weighted by Gasteiger charge is 2.10. The van der Waals surface area contributed by atoms with Gasteiger partial charge in [-0.15, -0.1) is 0 Å². The van der Waals surface area contributed by atoms with Crippen LogP contribution in [0.2, 0.25) is 0 Å². The lowest BCUT2D eigenvalue weighted by Gasteiger charge is -2.14. The fourth-order valence-electron chi connectivity index (χ4n) is 3.95. The average molecular weight is 859 g/mol. The first-order chi connectivity index (χ1) is 28.7. The van der Waals surface area contributed by atoms with Crippen LogP contribution < -0.4 is 0 Å². The number of hydrogen-bond donors (Lipinski definition) is 3. The second-order valence-corrected chi connectivity index (χ2v) is 12.9. The first-order valence-electron chi connectivity index (χ1n) is 21.6. The molecule has 3 N–H and O–H groups in total. The molecule has 0 aromatic heterocycles. The van der Waals surface area contributed by atoms with Crippen LogP contribution in [0.4, 0.5) is 0 Å². The van der Waals surface area contributed by atoms with Gasteiger partial charge < -0.3 is 39.0 Å². The number of carbonyl (C=O) groups is 5. The third kappa shape index (κ3) is 65.8. The van der Waals surface area contributed by atoms with Crippen molar-refractivity contribution in [1.82, 2.24) is 0 Å². The summed E-state index contributed by atoms with van der Waals surface area (Å²) in [5.74, 6) is -1.42. The van der Waals surface area contributed by atoms with Crippen LogP contribution >= 0.6 is 0 Å². The second kappa shape index (κ2) is 59.2. The Bertz CT molecular complexity index is 1050. The Kier molecular flexibility index (Phi) is 66.8. The summed E-state index contributed by atoms with van der Waals surface area (Å²) in [4.78, 5) is 52.8. The molecule has 13 nitrogen and oxygen atoms in total. The summed E-state index contributed by atoms with van der Waals surface area (Å²) in [7, 11) is 0. The van der Waals surface area contributed by atoms with Crippen molar-refractivity contribution in [1.29, 1.82) is 0 Å². The normalized spacial score (nSPS) is 9.70. The summed E-state index contributed by atoms with van der Waals surface area (Å²) in [6, 6.07) is 0. The van der Waals surface area contributed by atoms with Crippen molar-refractivity contribution in [3.8, 4) is 0 Å². The molecule has 13 heteroatoms. The largest absolute Gasteiger partial charge is 0.463 e. The summed E-state index contributed by atoms with van der Waals surface area (Å²) in [6.07, 6.45) is 22.2. The topological polar surface area (TPSA) is 192 Å². The van der Waals surface area contributed by atoms with Gasteiger partial charge in [0.05, 0.1) is 33.0 Å². The van der Waals surface area contributed by atoms with Gasteiger partial charge in [-0.25, -0.2) is 24.0 Å². The van der Waals surface area contributed by atoms with Crippen LogP contribution in [-0.2, 0) is 47.7 Å². The minimum absolute atomic E-state index is 0.0465. The average Bonchev–Trinajstić information content (AvgIpc) is 3.26. The number of aliphatic hydroxyl groups excluding tert-OH is 3. The molecule has 0 aliphatic carbocycles. The van der Waals surface area contributed by atoms with Gasteiger partial charge in [-0.3, -0.25) is 0 Å². The zero-order chi connectivity index (χ0) is 47.2. The molecule has 0 saturated heterocycles. The smallest absolute Gasteiger partial charge is 0.333 e. The van der Waals surface area contributed by atoms with Gasteiger partial charge in [0.15, 0.2) is 0 Å². The molecular weight excluding hydrogens is 773 g/mol. The van der Waals surface area contributed by atoms with E-state index in [4.69, 9.17) is 24.8 Å². The Morgan fingerprint density at radius 1 is 0.483 bits per heavy atom. The molecule has 1 atom stereocenters. The number of rotatable bonds is 30. The zero-order valence-corrected chi connectivity index (χ0v) is 38.7. The van der Waals surface area contributed by atoms with Crippen molar-refractivity contribution in [2.45, 2.75) is 151 Å². The van der Waals surface area contributed by atoms with Crippen molar-refractivity contribution in [2.24, 2.45) is 5.92 Å². The maximum Gasteiger partial charge on any atom is 0.333 e. The molecule has 0 fully saturated rings. The summed E-state index contributed by atoms with van der Waals surface area (Å²) < 4.78 is 23.4. The molecular formula is C47H86O13.